The quantitative estimate of drug-likeness (QED) is 0.892. The molecule has 0 bridgehead atoms. The summed E-state index contributed by atoms with van der Waals surface area (Å²) in [4.78, 5) is 4.25. The summed E-state index contributed by atoms with van der Waals surface area (Å²) in [7, 11) is 0. The fraction of sp³-hybridized carbons (Fsp3) is 0.500. The van der Waals surface area contributed by atoms with Gasteiger partial charge in [0.25, 0.3) is 0 Å². The van der Waals surface area contributed by atoms with Crippen molar-refractivity contribution in [3.63, 3.8) is 0 Å². The SMILES string of the molecule is CCCC(C)c1nn2c(c1Br)NCCC2c1cccnc1. The summed E-state index contributed by atoms with van der Waals surface area (Å²) in [5.41, 5.74) is 2.39. The third-order valence-electron chi connectivity index (χ3n) is 4.14. The maximum Gasteiger partial charge on any atom is 0.139 e. The van der Waals surface area contributed by atoms with Crippen LogP contribution in [-0.2, 0) is 0 Å². The average molecular weight is 349 g/mol. The monoisotopic (exact) mass is 348 g/mol. The molecule has 1 N–H and O–H groups in total. The lowest BCUT2D eigenvalue weighted by atomic mass is 10.0. The highest BCUT2D eigenvalue weighted by Gasteiger charge is 2.28. The summed E-state index contributed by atoms with van der Waals surface area (Å²) in [6, 6.07) is 4.40. The van der Waals surface area contributed by atoms with Crippen LogP contribution < -0.4 is 5.32 Å². The third kappa shape index (κ3) is 2.71. The van der Waals surface area contributed by atoms with Crippen LogP contribution in [-0.4, -0.2) is 21.3 Å². The molecule has 21 heavy (non-hydrogen) atoms. The molecule has 0 saturated heterocycles. The molecule has 5 heteroatoms. The molecule has 4 nitrogen and oxygen atoms in total. The molecular formula is C16H21BrN4. The molecule has 0 radical (unpaired) electrons. The number of anilines is 1. The fourth-order valence-electron chi connectivity index (χ4n) is 3.03. The van der Waals surface area contributed by atoms with Gasteiger partial charge in [-0.15, -0.1) is 0 Å². The van der Waals surface area contributed by atoms with E-state index in [1.54, 1.807) is 0 Å². The number of fused-ring (bicyclic) bond motifs is 1. The van der Waals surface area contributed by atoms with Crippen molar-refractivity contribution >= 4 is 21.7 Å². The van der Waals surface area contributed by atoms with Crippen molar-refractivity contribution in [1.82, 2.24) is 14.8 Å². The van der Waals surface area contributed by atoms with Crippen LogP contribution in [0.1, 0.15) is 56.3 Å². The molecular weight excluding hydrogens is 328 g/mol. The van der Waals surface area contributed by atoms with Gasteiger partial charge in [-0.1, -0.05) is 26.3 Å². The number of nitrogens with one attached hydrogen (secondary N) is 1. The Bertz CT molecular complexity index is 608. The van der Waals surface area contributed by atoms with Gasteiger partial charge in [-0.05, 0) is 40.4 Å². The Morgan fingerprint density at radius 3 is 3.10 bits per heavy atom. The summed E-state index contributed by atoms with van der Waals surface area (Å²) in [6.07, 6.45) is 7.14. The van der Waals surface area contributed by atoms with Gasteiger partial charge in [-0.25, -0.2) is 4.68 Å². The number of aromatic nitrogens is 3. The van der Waals surface area contributed by atoms with Gasteiger partial charge >= 0.3 is 0 Å². The van der Waals surface area contributed by atoms with E-state index in [1.807, 2.05) is 18.5 Å². The van der Waals surface area contributed by atoms with Gasteiger partial charge in [-0.3, -0.25) is 4.98 Å². The van der Waals surface area contributed by atoms with Crippen molar-refractivity contribution in [2.45, 2.75) is 45.1 Å². The number of nitrogens with zero attached hydrogens (tertiary/aromatic N) is 3. The summed E-state index contributed by atoms with van der Waals surface area (Å²) in [5, 5.41) is 8.39. The van der Waals surface area contributed by atoms with Gasteiger partial charge in [0.1, 0.15) is 5.82 Å². The molecule has 2 atom stereocenters. The van der Waals surface area contributed by atoms with E-state index in [9.17, 15) is 0 Å². The van der Waals surface area contributed by atoms with E-state index >= 15 is 0 Å². The summed E-state index contributed by atoms with van der Waals surface area (Å²) < 4.78 is 3.25. The number of pyridine rings is 1. The van der Waals surface area contributed by atoms with Crippen molar-refractivity contribution in [2.24, 2.45) is 0 Å². The molecule has 2 aromatic rings. The molecule has 2 unspecified atom stereocenters. The first-order valence-electron chi connectivity index (χ1n) is 7.64. The first-order chi connectivity index (χ1) is 10.2. The van der Waals surface area contributed by atoms with Crippen LogP contribution in [0.3, 0.4) is 0 Å². The zero-order valence-corrected chi connectivity index (χ0v) is 14.1. The Kier molecular flexibility index (Phi) is 4.29. The Labute approximate surface area is 134 Å². The van der Waals surface area contributed by atoms with Gasteiger partial charge in [0.05, 0.1) is 16.2 Å². The van der Waals surface area contributed by atoms with E-state index in [-0.39, 0.29) is 6.04 Å². The second-order valence-electron chi connectivity index (χ2n) is 5.70. The Balaban J connectivity index is 2.00. The maximum atomic E-state index is 4.91. The van der Waals surface area contributed by atoms with Crippen LogP contribution >= 0.6 is 15.9 Å². The van der Waals surface area contributed by atoms with Crippen molar-refractivity contribution in [2.75, 3.05) is 11.9 Å². The molecule has 0 spiro atoms. The van der Waals surface area contributed by atoms with Gasteiger partial charge < -0.3 is 5.32 Å². The van der Waals surface area contributed by atoms with Gasteiger partial charge in [0.2, 0.25) is 0 Å². The predicted octanol–water partition coefficient (Wildman–Crippen LogP) is 4.35. The predicted molar refractivity (Wildman–Crippen MR) is 88.7 cm³/mol. The van der Waals surface area contributed by atoms with E-state index in [0.717, 1.165) is 35.4 Å². The molecule has 0 amide bonds. The molecule has 2 aromatic heterocycles. The molecule has 1 aliphatic heterocycles. The van der Waals surface area contributed by atoms with Crippen LogP contribution in [0.5, 0.6) is 0 Å². The molecule has 3 rings (SSSR count). The average Bonchev–Trinajstić information content (AvgIpc) is 2.86. The molecule has 0 aliphatic carbocycles. The first-order valence-corrected chi connectivity index (χ1v) is 8.43. The van der Waals surface area contributed by atoms with E-state index in [1.165, 1.54) is 12.0 Å². The highest BCUT2D eigenvalue weighted by Crippen LogP contribution is 2.39. The highest BCUT2D eigenvalue weighted by molar-refractivity contribution is 9.10. The normalized spacial score (nSPS) is 18.9. The summed E-state index contributed by atoms with van der Waals surface area (Å²) >= 11 is 3.75. The Morgan fingerprint density at radius 1 is 1.52 bits per heavy atom. The Hall–Kier alpha value is -1.36. The van der Waals surface area contributed by atoms with Crippen molar-refractivity contribution in [3.8, 4) is 0 Å². The highest BCUT2D eigenvalue weighted by atomic mass is 79.9. The second-order valence-corrected chi connectivity index (χ2v) is 6.49. The zero-order valence-electron chi connectivity index (χ0n) is 12.5. The van der Waals surface area contributed by atoms with Crippen LogP contribution in [0, 0.1) is 0 Å². The number of hydrogen-bond acceptors (Lipinski definition) is 3. The lowest BCUT2D eigenvalue weighted by Gasteiger charge is -2.25. The lowest BCUT2D eigenvalue weighted by molar-refractivity contribution is 0.472. The maximum absolute atomic E-state index is 4.91. The van der Waals surface area contributed by atoms with Crippen LogP contribution in [0.2, 0.25) is 0 Å². The molecule has 3 heterocycles. The standard InChI is InChI=1S/C16H21BrN4/c1-3-5-11(2)15-14(17)16-19-9-7-13(21(16)20-15)12-6-4-8-18-10-12/h4,6,8,10-11,13,19H,3,5,7,9H2,1-2H3. The molecule has 1 aliphatic rings. The van der Waals surface area contributed by atoms with Crippen molar-refractivity contribution in [3.05, 3.63) is 40.3 Å². The smallest absolute Gasteiger partial charge is 0.139 e. The van der Waals surface area contributed by atoms with Crippen molar-refractivity contribution in [1.29, 1.82) is 0 Å². The first kappa shape index (κ1) is 14.6. The minimum Gasteiger partial charge on any atom is -0.369 e. The topological polar surface area (TPSA) is 42.7 Å². The minimum absolute atomic E-state index is 0.272. The van der Waals surface area contributed by atoms with Gasteiger partial charge in [-0.2, -0.15) is 5.10 Å². The largest absolute Gasteiger partial charge is 0.369 e. The van der Waals surface area contributed by atoms with Gasteiger partial charge in [0.15, 0.2) is 0 Å². The van der Waals surface area contributed by atoms with E-state index in [2.05, 4.69) is 50.8 Å². The summed E-state index contributed by atoms with van der Waals surface area (Å²) in [5.74, 6) is 1.58. The lowest BCUT2D eigenvalue weighted by Crippen LogP contribution is -2.24. The van der Waals surface area contributed by atoms with E-state index < -0.39 is 0 Å². The van der Waals surface area contributed by atoms with E-state index in [4.69, 9.17) is 5.10 Å². The third-order valence-corrected chi connectivity index (χ3v) is 4.92. The van der Waals surface area contributed by atoms with Gasteiger partial charge in [0, 0.05) is 24.9 Å². The minimum atomic E-state index is 0.272. The fourth-order valence-corrected chi connectivity index (χ4v) is 3.82. The van der Waals surface area contributed by atoms with E-state index in [0.29, 0.717) is 5.92 Å². The number of halogens is 1. The molecule has 0 saturated carbocycles. The van der Waals surface area contributed by atoms with Crippen LogP contribution in [0.4, 0.5) is 5.82 Å². The summed E-state index contributed by atoms with van der Waals surface area (Å²) in [6.45, 7) is 5.43. The molecule has 112 valence electrons. The zero-order chi connectivity index (χ0) is 14.8. The molecule has 0 fully saturated rings. The second kappa shape index (κ2) is 6.18. The number of hydrogen-bond donors (Lipinski definition) is 1. The number of rotatable bonds is 4. The van der Waals surface area contributed by atoms with Crippen molar-refractivity contribution < 1.29 is 0 Å². The van der Waals surface area contributed by atoms with Crippen LogP contribution in [0.25, 0.3) is 0 Å². The molecule has 0 aromatic carbocycles. The Morgan fingerprint density at radius 2 is 2.38 bits per heavy atom. The van der Waals surface area contributed by atoms with Crippen LogP contribution in [0.15, 0.2) is 29.0 Å².